The molecule has 0 spiro atoms. The third-order valence-electron chi connectivity index (χ3n) is 14.0. The Labute approximate surface area is 380 Å². The highest BCUT2D eigenvalue weighted by atomic mass is 16.3. The smallest absolute Gasteiger partial charge is 0.166 e. The molecule has 0 N–H and O–H groups in total. The Kier molecular flexibility index (Phi) is 8.05. The van der Waals surface area contributed by atoms with Gasteiger partial charge in [0.1, 0.15) is 11.4 Å². The summed E-state index contributed by atoms with van der Waals surface area (Å²) in [5.74, 6) is 3.11. The summed E-state index contributed by atoms with van der Waals surface area (Å²) in [4.78, 5) is 16.6. The largest absolute Gasteiger partial charge is 0.454 e. The van der Waals surface area contributed by atoms with E-state index >= 15 is 0 Å². The van der Waals surface area contributed by atoms with Gasteiger partial charge in [0.05, 0.1) is 27.6 Å². The standard InChI is InChI=1S/C60H41N5O/c1-36-18-16-21-38-34-51-48(35-47(36)38)41-25-11-14-32-50(41)65(51)56-54(43-27-9-8-26-42(43)53-45-28-12-15-33-52(45)66-57(53)56)60-62-58(37-19-4-2-5-20-37)61-59(63-60)46-30-17-29-44-40-24-10-13-31-49(40)64(55(44)46)39-22-6-3-7-23-39/h2-11,13-17,19-27,29-36H,12,18,28H2,1H3. The fourth-order valence-electron chi connectivity index (χ4n) is 11.1. The molecule has 4 heterocycles. The van der Waals surface area contributed by atoms with Crippen LogP contribution in [0.1, 0.15) is 48.1 Å². The lowest BCUT2D eigenvalue weighted by atomic mass is 9.87. The van der Waals surface area contributed by atoms with Crippen molar-refractivity contribution < 1.29 is 4.42 Å². The molecule has 8 aromatic carbocycles. The Balaban J connectivity index is 1.16. The van der Waals surface area contributed by atoms with E-state index in [9.17, 15) is 0 Å². The van der Waals surface area contributed by atoms with Gasteiger partial charge in [-0.25, -0.2) is 15.0 Å². The van der Waals surface area contributed by atoms with E-state index in [1.165, 1.54) is 32.8 Å². The van der Waals surface area contributed by atoms with E-state index in [-0.39, 0.29) is 0 Å². The molecule has 0 saturated heterocycles. The van der Waals surface area contributed by atoms with E-state index in [0.29, 0.717) is 23.4 Å². The van der Waals surface area contributed by atoms with Crippen molar-refractivity contribution in [3.05, 3.63) is 198 Å². The number of rotatable bonds is 5. The first-order valence-electron chi connectivity index (χ1n) is 23.0. The molecule has 6 nitrogen and oxygen atoms in total. The van der Waals surface area contributed by atoms with Gasteiger partial charge in [-0.3, -0.25) is 0 Å². The van der Waals surface area contributed by atoms with Crippen molar-refractivity contribution in [3.8, 4) is 45.5 Å². The van der Waals surface area contributed by atoms with Crippen molar-refractivity contribution in [3.63, 3.8) is 0 Å². The molecule has 4 aromatic heterocycles. The van der Waals surface area contributed by atoms with Gasteiger partial charge in [0.15, 0.2) is 23.1 Å². The van der Waals surface area contributed by atoms with Crippen molar-refractivity contribution >= 4 is 77.5 Å². The SMILES string of the molecule is CC1CC=Cc2cc3c(cc21)c1ccccc1n3-c1c(-c2nc(-c3ccccc3)nc(-c3cccc4c5ccccc5n(-c5ccccc5)c34)n2)c2ccccc2c2c3c(oc12)C=CCC3. The zero-order valence-corrected chi connectivity index (χ0v) is 36.2. The number of fused-ring (bicyclic) bond motifs is 12. The van der Waals surface area contributed by atoms with Crippen LogP contribution in [0.4, 0.5) is 0 Å². The van der Waals surface area contributed by atoms with Crippen LogP contribution in [0.15, 0.2) is 180 Å². The van der Waals surface area contributed by atoms with E-state index in [1.54, 1.807) is 0 Å². The van der Waals surface area contributed by atoms with Crippen LogP contribution in [0.2, 0.25) is 0 Å². The maximum absolute atomic E-state index is 7.23. The summed E-state index contributed by atoms with van der Waals surface area (Å²) in [6.45, 7) is 2.34. The first kappa shape index (κ1) is 37.1. The van der Waals surface area contributed by atoms with Gasteiger partial charge in [0.25, 0.3) is 0 Å². The van der Waals surface area contributed by atoms with Crippen molar-refractivity contribution in [2.45, 2.75) is 32.1 Å². The summed E-state index contributed by atoms with van der Waals surface area (Å²) in [6, 6.07) is 58.5. The lowest BCUT2D eigenvalue weighted by Crippen LogP contribution is -2.06. The lowest BCUT2D eigenvalue weighted by Gasteiger charge is -2.20. The molecule has 6 heteroatoms. The number of hydrogen-bond donors (Lipinski definition) is 0. The van der Waals surface area contributed by atoms with Crippen LogP contribution in [0.3, 0.4) is 0 Å². The van der Waals surface area contributed by atoms with Gasteiger partial charge in [-0.1, -0.05) is 146 Å². The van der Waals surface area contributed by atoms with Crippen LogP contribution in [-0.4, -0.2) is 24.1 Å². The molecule has 312 valence electrons. The highest BCUT2D eigenvalue weighted by Crippen LogP contribution is 2.49. The van der Waals surface area contributed by atoms with Crippen LogP contribution in [0.5, 0.6) is 0 Å². The molecule has 14 rings (SSSR count). The second-order valence-corrected chi connectivity index (χ2v) is 17.8. The van der Waals surface area contributed by atoms with Crippen molar-refractivity contribution in [2.75, 3.05) is 0 Å². The molecule has 12 aromatic rings. The van der Waals surface area contributed by atoms with E-state index in [1.807, 2.05) is 18.2 Å². The summed E-state index contributed by atoms with van der Waals surface area (Å²) in [5.41, 5.74) is 13.8. The van der Waals surface area contributed by atoms with E-state index in [4.69, 9.17) is 19.4 Å². The minimum absolute atomic E-state index is 0.424. The Morgan fingerprint density at radius 1 is 0.545 bits per heavy atom. The molecule has 0 saturated carbocycles. The van der Waals surface area contributed by atoms with Gasteiger partial charge in [0, 0.05) is 49.3 Å². The minimum Gasteiger partial charge on any atom is -0.454 e. The van der Waals surface area contributed by atoms with Crippen LogP contribution < -0.4 is 0 Å². The molecule has 0 radical (unpaired) electrons. The van der Waals surface area contributed by atoms with E-state index < -0.39 is 0 Å². The maximum atomic E-state index is 7.23. The third-order valence-corrected chi connectivity index (χ3v) is 14.0. The van der Waals surface area contributed by atoms with Crippen LogP contribution >= 0.6 is 0 Å². The van der Waals surface area contributed by atoms with Gasteiger partial charge >= 0.3 is 0 Å². The summed E-state index contributed by atoms with van der Waals surface area (Å²) in [7, 11) is 0. The van der Waals surface area contributed by atoms with Crippen molar-refractivity contribution in [1.29, 1.82) is 0 Å². The van der Waals surface area contributed by atoms with Gasteiger partial charge in [0.2, 0.25) is 0 Å². The summed E-state index contributed by atoms with van der Waals surface area (Å²) < 4.78 is 12.0. The number of benzene rings is 8. The summed E-state index contributed by atoms with van der Waals surface area (Å²) >= 11 is 0. The highest BCUT2D eigenvalue weighted by Gasteiger charge is 2.30. The lowest BCUT2D eigenvalue weighted by molar-refractivity contribution is 0.594. The Morgan fingerprint density at radius 2 is 1.21 bits per heavy atom. The van der Waals surface area contributed by atoms with Crippen molar-refractivity contribution in [1.82, 2.24) is 24.1 Å². The molecule has 0 bridgehead atoms. The topological polar surface area (TPSA) is 61.7 Å². The monoisotopic (exact) mass is 847 g/mol. The van der Waals surface area contributed by atoms with E-state index in [0.717, 1.165) is 102 Å². The number of nitrogens with zero attached hydrogens (tertiary/aromatic N) is 5. The molecule has 2 aliphatic carbocycles. The molecule has 1 atom stereocenters. The zero-order chi connectivity index (χ0) is 43.5. The van der Waals surface area contributed by atoms with Crippen LogP contribution in [0, 0.1) is 0 Å². The summed E-state index contributed by atoms with van der Waals surface area (Å²) in [6.07, 6.45) is 11.9. The zero-order valence-electron chi connectivity index (χ0n) is 36.2. The number of allylic oxidation sites excluding steroid dienone is 2. The average Bonchev–Trinajstić information content (AvgIpc) is 4.04. The van der Waals surface area contributed by atoms with E-state index in [2.05, 4.69) is 186 Å². The van der Waals surface area contributed by atoms with Crippen molar-refractivity contribution in [2.24, 2.45) is 0 Å². The molecule has 1 unspecified atom stereocenters. The first-order valence-corrected chi connectivity index (χ1v) is 23.0. The highest BCUT2D eigenvalue weighted by molar-refractivity contribution is 6.21. The second kappa shape index (κ2) is 14.3. The molecule has 0 amide bonds. The molecule has 0 fully saturated rings. The number of furan rings is 1. The number of para-hydroxylation sites is 4. The fraction of sp³-hybridized carbons (Fsp3) is 0.0833. The Bertz CT molecular complexity index is 4040. The van der Waals surface area contributed by atoms with Gasteiger partial charge in [-0.05, 0) is 95.6 Å². The normalized spacial score (nSPS) is 14.6. The predicted octanol–water partition coefficient (Wildman–Crippen LogP) is 15.4. The minimum atomic E-state index is 0.424. The predicted molar refractivity (Wildman–Crippen MR) is 272 cm³/mol. The van der Waals surface area contributed by atoms with Gasteiger partial charge < -0.3 is 13.6 Å². The molecular weight excluding hydrogens is 807 g/mol. The van der Waals surface area contributed by atoms with Crippen LogP contribution in [0.25, 0.3) is 123 Å². The van der Waals surface area contributed by atoms with Gasteiger partial charge in [-0.15, -0.1) is 0 Å². The maximum Gasteiger partial charge on any atom is 0.166 e. The molecule has 0 aliphatic heterocycles. The quantitative estimate of drug-likeness (QED) is 0.173. The fourth-order valence-corrected chi connectivity index (χ4v) is 11.1. The molecular formula is C60H41N5O. The third kappa shape index (κ3) is 5.39. The average molecular weight is 848 g/mol. The Morgan fingerprint density at radius 3 is 2.03 bits per heavy atom. The number of hydrogen-bond acceptors (Lipinski definition) is 4. The van der Waals surface area contributed by atoms with Crippen LogP contribution in [-0.2, 0) is 6.42 Å². The molecule has 66 heavy (non-hydrogen) atoms. The number of aromatic nitrogens is 5. The Hall–Kier alpha value is -8.35. The second-order valence-electron chi connectivity index (χ2n) is 17.8. The summed E-state index contributed by atoms with van der Waals surface area (Å²) in [5, 5.41) is 8.05. The first-order chi connectivity index (χ1) is 32.7. The molecule has 2 aliphatic rings. The van der Waals surface area contributed by atoms with Gasteiger partial charge in [-0.2, -0.15) is 0 Å². The number of aryl methyl sites for hydroxylation is 1.